The Morgan fingerprint density at radius 1 is 1.10 bits per heavy atom. The first-order valence-corrected chi connectivity index (χ1v) is 7.61. The van der Waals surface area contributed by atoms with Crippen molar-refractivity contribution in [3.63, 3.8) is 0 Å². The summed E-state index contributed by atoms with van der Waals surface area (Å²) in [5.74, 6) is 0.958. The Labute approximate surface area is 129 Å². The predicted molar refractivity (Wildman–Crippen MR) is 88.3 cm³/mol. The molecule has 0 amide bonds. The molecule has 0 unspecified atom stereocenters. The molecule has 0 spiro atoms. The van der Waals surface area contributed by atoms with E-state index in [4.69, 9.17) is 16.3 Å². The smallest absolute Gasteiger partial charge is 0.128 e. The molecule has 108 valence electrons. The largest absolute Gasteiger partial charge is 0.493 e. The summed E-state index contributed by atoms with van der Waals surface area (Å²) in [6, 6.07) is 16.3. The Morgan fingerprint density at radius 2 is 1.95 bits per heavy atom. The van der Waals surface area contributed by atoms with Gasteiger partial charge in [-0.15, -0.1) is 0 Å². The lowest BCUT2D eigenvalue weighted by Crippen LogP contribution is -1.98. The normalized spacial score (nSPS) is 11.0. The molecular weight excluding hydrogens is 282 g/mol. The highest BCUT2D eigenvalue weighted by Gasteiger charge is 2.07. The Hall–Kier alpha value is -1.93. The van der Waals surface area contributed by atoms with Crippen molar-refractivity contribution >= 4 is 22.5 Å². The Kier molecular flexibility index (Phi) is 4.16. The molecule has 0 saturated heterocycles. The number of halogens is 1. The van der Waals surface area contributed by atoms with Gasteiger partial charge in [0.05, 0.1) is 12.1 Å². The summed E-state index contributed by atoms with van der Waals surface area (Å²) in [5.41, 5.74) is 2.38. The molecule has 2 aromatic carbocycles. The lowest BCUT2D eigenvalue weighted by molar-refractivity contribution is 0.321. The highest BCUT2D eigenvalue weighted by molar-refractivity contribution is 6.30. The Bertz CT molecular complexity index is 748. The van der Waals surface area contributed by atoms with Crippen molar-refractivity contribution in [3.8, 4) is 5.75 Å². The number of ether oxygens (including phenoxy) is 1. The van der Waals surface area contributed by atoms with E-state index in [0.717, 1.165) is 35.7 Å². The average Bonchev–Trinajstić information content (AvgIpc) is 2.89. The Balaban J connectivity index is 1.93. The fourth-order valence-corrected chi connectivity index (χ4v) is 2.72. The number of benzene rings is 2. The number of nitrogens with zero attached hydrogens (tertiary/aromatic N) is 1. The van der Waals surface area contributed by atoms with E-state index in [-0.39, 0.29) is 0 Å². The van der Waals surface area contributed by atoms with Crippen LogP contribution in [0.15, 0.2) is 54.7 Å². The minimum Gasteiger partial charge on any atom is -0.493 e. The van der Waals surface area contributed by atoms with E-state index in [1.54, 1.807) is 0 Å². The van der Waals surface area contributed by atoms with E-state index >= 15 is 0 Å². The third-order valence-corrected chi connectivity index (χ3v) is 3.71. The molecule has 3 aromatic rings. The quantitative estimate of drug-likeness (QED) is 0.637. The van der Waals surface area contributed by atoms with Crippen molar-refractivity contribution in [2.24, 2.45) is 0 Å². The molecular formula is C18H18ClNO. The van der Waals surface area contributed by atoms with Crippen molar-refractivity contribution < 1.29 is 4.74 Å². The van der Waals surface area contributed by atoms with Crippen LogP contribution < -0.4 is 4.74 Å². The lowest BCUT2D eigenvalue weighted by atomic mass is 10.2. The molecule has 1 aromatic heterocycles. The molecule has 0 radical (unpaired) electrons. The van der Waals surface area contributed by atoms with Gasteiger partial charge in [-0.2, -0.15) is 0 Å². The van der Waals surface area contributed by atoms with Crippen molar-refractivity contribution in [2.45, 2.75) is 19.9 Å². The van der Waals surface area contributed by atoms with Gasteiger partial charge < -0.3 is 9.30 Å². The summed E-state index contributed by atoms with van der Waals surface area (Å²) in [6.07, 6.45) is 3.12. The first kappa shape index (κ1) is 14.0. The highest BCUT2D eigenvalue weighted by Crippen LogP contribution is 2.27. The summed E-state index contributed by atoms with van der Waals surface area (Å²) < 4.78 is 8.04. The molecule has 2 nitrogen and oxygen atoms in total. The van der Waals surface area contributed by atoms with E-state index in [1.165, 1.54) is 11.1 Å². The molecule has 0 atom stereocenters. The van der Waals surface area contributed by atoms with Gasteiger partial charge in [0, 0.05) is 23.2 Å². The summed E-state index contributed by atoms with van der Waals surface area (Å²) in [5, 5.41) is 1.93. The van der Waals surface area contributed by atoms with Gasteiger partial charge in [0.15, 0.2) is 0 Å². The van der Waals surface area contributed by atoms with Crippen molar-refractivity contribution in [1.82, 2.24) is 4.57 Å². The summed E-state index contributed by atoms with van der Waals surface area (Å²) >= 11 is 6.06. The van der Waals surface area contributed by atoms with Gasteiger partial charge in [0.2, 0.25) is 0 Å². The van der Waals surface area contributed by atoms with Crippen LogP contribution in [0.5, 0.6) is 5.75 Å². The Morgan fingerprint density at radius 3 is 2.76 bits per heavy atom. The zero-order valence-electron chi connectivity index (χ0n) is 12.1. The molecule has 0 saturated carbocycles. The van der Waals surface area contributed by atoms with Gasteiger partial charge in [0.1, 0.15) is 5.75 Å². The van der Waals surface area contributed by atoms with Crippen LogP contribution >= 0.6 is 11.6 Å². The minimum atomic E-state index is 0.749. The third kappa shape index (κ3) is 3.06. The monoisotopic (exact) mass is 299 g/mol. The molecule has 0 fully saturated rings. The van der Waals surface area contributed by atoms with Gasteiger partial charge >= 0.3 is 0 Å². The zero-order valence-corrected chi connectivity index (χ0v) is 12.8. The van der Waals surface area contributed by atoms with Gasteiger partial charge in [-0.1, -0.05) is 36.7 Å². The maximum absolute atomic E-state index is 6.06. The van der Waals surface area contributed by atoms with Crippen LogP contribution in [0, 0.1) is 0 Å². The first-order valence-electron chi connectivity index (χ1n) is 7.23. The van der Waals surface area contributed by atoms with Crippen LogP contribution in [-0.2, 0) is 6.54 Å². The van der Waals surface area contributed by atoms with Gasteiger partial charge in [-0.25, -0.2) is 0 Å². The predicted octanol–water partition coefficient (Wildman–Crippen LogP) is 5.13. The standard InChI is InChI=1S/C18H18ClNO/c1-2-11-21-18-8-4-7-17-16(18)9-10-20(17)13-14-5-3-6-15(19)12-14/h3-10,12H,2,11,13H2,1H3. The fourth-order valence-electron chi connectivity index (χ4n) is 2.50. The minimum absolute atomic E-state index is 0.749. The molecule has 0 bridgehead atoms. The number of fused-ring (bicyclic) bond motifs is 1. The highest BCUT2D eigenvalue weighted by atomic mass is 35.5. The van der Waals surface area contributed by atoms with E-state index in [9.17, 15) is 0 Å². The second-order valence-corrected chi connectivity index (χ2v) is 5.55. The van der Waals surface area contributed by atoms with Crippen molar-refractivity contribution in [1.29, 1.82) is 0 Å². The van der Waals surface area contributed by atoms with E-state index < -0.39 is 0 Å². The van der Waals surface area contributed by atoms with E-state index in [1.807, 2.05) is 30.3 Å². The number of aromatic nitrogens is 1. The van der Waals surface area contributed by atoms with E-state index in [0.29, 0.717) is 0 Å². The SMILES string of the molecule is CCCOc1cccc2c1ccn2Cc1cccc(Cl)c1. The summed E-state index contributed by atoms with van der Waals surface area (Å²) in [6.45, 7) is 3.67. The number of hydrogen-bond acceptors (Lipinski definition) is 1. The van der Waals surface area contributed by atoms with Crippen LogP contribution in [0.25, 0.3) is 10.9 Å². The summed E-state index contributed by atoms with van der Waals surface area (Å²) in [7, 11) is 0. The van der Waals surface area contributed by atoms with Gasteiger partial charge in [-0.3, -0.25) is 0 Å². The fraction of sp³-hybridized carbons (Fsp3) is 0.222. The van der Waals surface area contributed by atoms with E-state index in [2.05, 4.69) is 35.9 Å². The second-order valence-electron chi connectivity index (χ2n) is 5.11. The number of rotatable bonds is 5. The maximum atomic E-state index is 6.06. The van der Waals surface area contributed by atoms with Crippen LogP contribution in [-0.4, -0.2) is 11.2 Å². The summed E-state index contributed by atoms with van der Waals surface area (Å²) in [4.78, 5) is 0. The van der Waals surface area contributed by atoms with Crippen LogP contribution in [0.3, 0.4) is 0 Å². The lowest BCUT2D eigenvalue weighted by Gasteiger charge is -2.09. The van der Waals surface area contributed by atoms with Crippen molar-refractivity contribution in [2.75, 3.05) is 6.61 Å². The molecule has 0 aliphatic heterocycles. The molecule has 21 heavy (non-hydrogen) atoms. The molecule has 0 aliphatic rings. The number of hydrogen-bond donors (Lipinski definition) is 0. The zero-order chi connectivity index (χ0) is 14.7. The van der Waals surface area contributed by atoms with Crippen molar-refractivity contribution in [3.05, 3.63) is 65.3 Å². The van der Waals surface area contributed by atoms with Crippen LogP contribution in [0.1, 0.15) is 18.9 Å². The van der Waals surface area contributed by atoms with Crippen LogP contribution in [0.4, 0.5) is 0 Å². The third-order valence-electron chi connectivity index (χ3n) is 3.48. The molecule has 1 heterocycles. The molecule has 0 N–H and O–H groups in total. The van der Waals surface area contributed by atoms with Gasteiger partial charge in [0.25, 0.3) is 0 Å². The topological polar surface area (TPSA) is 14.2 Å². The second kappa shape index (κ2) is 6.23. The molecule has 3 heteroatoms. The van der Waals surface area contributed by atoms with Crippen LogP contribution in [0.2, 0.25) is 5.02 Å². The average molecular weight is 300 g/mol. The molecule has 0 aliphatic carbocycles. The first-order chi connectivity index (χ1) is 10.3. The van der Waals surface area contributed by atoms with Gasteiger partial charge in [-0.05, 0) is 42.3 Å². The molecule has 3 rings (SSSR count). The maximum Gasteiger partial charge on any atom is 0.128 e.